The van der Waals surface area contributed by atoms with Crippen LogP contribution in [0.5, 0.6) is 0 Å². The molecular formula is C17H27N3. The van der Waals surface area contributed by atoms with E-state index < -0.39 is 0 Å². The van der Waals surface area contributed by atoms with Gasteiger partial charge in [0.2, 0.25) is 0 Å². The molecule has 1 saturated carbocycles. The lowest BCUT2D eigenvalue weighted by Crippen LogP contribution is -2.35. The van der Waals surface area contributed by atoms with Gasteiger partial charge in [0.25, 0.3) is 0 Å². The average molecular weight is 273 g/mol. The molecule has 3 unspecified atom stereocenters. The normalized spacial score (nSPS) is 30.5. The van der Waals surface area contributed by atoms with Crippen LogP contribution in [-0.4, -0.2) is 24.1 Å². The molecule has 0 radical (unpaired) electrons. The molecule has 2 heterocycles. The van der Waals surface area contributed by atoms with Crippen LogP contribution in [0.3, 0.4) is 0 Å². The largest absolute Gasteiger partial charge is 0.379 e. The molecule has 0 bridgehead atoms. The first kappa shape index (κ1) is 13.7. The van der Waals surface area contributed by atoms with Gasteiger partial charge in [-0.3, -0.25) is 0 Å². The predicted molar refractivity (Wildman–Crippen MR) is 85.3 cm³/mol. The molecule has 2 aliphatic rings. The van der Waals surface area contributed by atoms with E-state index in [4.69, 9.17) is 0 Å². The third kappa shape index (κ3) is 2.77. The van der Waals surface area contributed by atoms with Gasteiger partial charge < -0.3 is 10.2 Å². The Morgan fingerprint density at radius 1 is 1.15 bits per heavy atom. The summed E-state index contributed by atoms with van der Waals surface area (Å²) in [6, 6.07) is 4.86. The van der Waals surface area contributed by atoms with Gasteiger partial charge in [0.05, 0.1) is 5.69 Å². The Balaban J connectivity index is 1.76. The third-order valence-corrected chi connectivity index (χ3v) is 5.24. The van der Waals surface area contributed by atoms with Crippen molar-refractivity contribution in [3.8, 4) is 0 Å². The highest BCUT2D eigenvalue weighted by Crippen LogP contribution is 2.34. The Morgan fingerprint density at radius 2 is 1.95 bits per heavy atom. The van der Waals surface area contributed by atoms with Crippen molar-refractivity contribution in [1.82, 2.24) is 4.98 Å². The number of pyridine rings is 1. The summed E-state index contributed by atoms with van der Waals surface area (Å²) in [5.41, 5.74) is 1.24. The zero-order chi connectivity index (χ0) is 13.9. The minimum Gasteiger partial charge on any atom is -0.379 e. The number of nitrogens with zero attached hydrogens (tertiary/aromatic N) is 2. The van der Waals surface area contributed by atoms with E-state index in [0.717, 1.165) is 30.7 Å². The highest BCUT2D eigenvalue weighted by molar-refractivity contribution is 5.66. The maximum absolute atomic E-state index is 4.63. The van der Waals surface area contributed by atoms with E-state index in [1.54, 1.807) is 0 Å². The number of aromatic nitrogens is 1. The summed E-state index contributed by atoms with van der Waals surface area (Å²) >= 11 is 0. The lowest BCUT2D eigenvalue weighted by Gasteiger charge is -2.36. The van der Waals surface area contributed by atoms with Gasteiger partial charge in [-0.1, -0.05) is 26.7 Å². The zero-order valence-corrected chi connectivity index (χ0v) is 12.8. The Hall–Kier alpha value is -1.25. The molecule has 3 heteroatoms. The highest BCUT2D eigenvalue weighted by Gasteiger charge is 2.28. The molecule has 1 aromatic rings. The summed E-state index contributed by atoms with van der Waals surface area (Å²) in [7, 11) is 0. The molecule has 0 amide bonds. The quantitative estimate of drug-likeness (QED) is 0.904. The lowest BCUT2D eigenvalue weighted by atomic mass is 9.78. The fourth-order valence-corrected chi connectivity index (χ4v) is 3.68. The zero-order valence-electron chi connectivity index (χ0n) is 12.8. The van der Waals surface area contributed by atoms with Crippen LogP contribution < -0.4 is 10.2 Å². The molecule has 2 fully saturated rings. The van der Waals surface area contributed by atoms with Crippen molar-refractivity contribution in [1.29, 1.82) is 0 Å². The maximum atomic E-state index is 4.63. The summed E-state index contributed by atoms with van der Waals surface area (Å²) in [5.74, 6) is 2.74. The molecule has 1 aliphatic heterocycles. The number of hydrogen-bond acceptors (Lipinski definition) is 3. The first-order valence-electron chi connectivity index (χ1n) is 8.22. The van der Waals surface area contributed by atoms with Gasteiger partial charge >= 0.3 is 0 Å². The Kier molecular flexibility index (Phi) is 4.13. The van der Waals surface area contributed by atoms with Crippen LogP contribution in [0.1, 0.15) is 46.0 Å². The summed E-state index contributed by atoms with van der Waals surface area (Å²) in [4.78, 5) is 7.06. The van der Waals surface area contributed by atoms with E-state index in [1.165, 1.54) is 37.8 Å². The standard InChI is InChI=1S/C17H27N3/c1-13-7-5-8-15(14(13)2)19-16-9-6-10-18-17(16)20-11-3-4-12-20/h6,9-10,13-15,19H,3-5,7-8,11-12H2,1-2H3. The number of nitrogens with one attached hydrogen (secondary N) is 1. The van der Waals surface area contributed by atoms with Gasteiger partial charge in [-0.15, -0.1) is 0 Å². The molecule has 3 rings (SSSR count). The van der Waals surface area contributed by atoms with Crippen LogP contribution in [0.2, 0.25) is 0 Å². The molecule has 0 aromatic carbocycles. The minimum atomic E-state index is 0.601. The van der Waals surface area contributed by atoms with E-state index in [-0.39, 0.29) is 0 Å². The molecular weight excluding hydrogens is 246 g/mol. The van der Waals surface area contributed by atoms with Crippen LogP contribution in [-0.2, 0) is 0 Å². The third-order valence-electron chi connectivity index (χ3n) is 5.24. The highest BCUT2D eigenvalue weighted by atomic mass is 15.2. The van der Waals surface area contributed by atoms with Crippen molar-refractivity contribution in [3.63, 3.8) is 0 Å². The van der Waals surface area contributed by atoms with E-state index in [1.807, 2.05) is 6.20 Å². The molecule has 0 spiro atoms. The molecule has 1 N–H and O–H groups in total. The molecule has 1 saturated heterocycles. The van der Waals surface area contributed by atoms with Gasteiger partial charge in [0, 0.05) is 25.3 Å². The van der Waals surface area contributed by atoms with Crippen molar-refractivity contribution >= 4 is 11.5 Å². The second kappa shape index (κ2) is 6.02. The van der Waals surface area contributed by atoms with Crippen molar-refractivity contribution in [2.24, 2.45) is 11.8 Å². The van der Waals surface area contributed by atoms with Gasteiger partial charge in [-0.05, 0) is 43.2 Å². The monoisotopic (exact) mass is 273 g/mol. The van der Waals surface area contributed by atoms with Crippen LogP contribution in [0.25, 0.3) is 0 Å². The number of hydrogen-bond donors (Lipinski definition) is 1. The smallest absolute Gasteiger partial charge is 0.151 e. The first-order valence-corrected chi connectivity index (χ1v) is 8.22. The summed E-state index contributed by atoms with van der Waals surface area (Å²) < 4.78 is 0. The molecule has 20 heavy (non-hydrogen) atoms. The van der Waals surface area contributed by atoms with E-state index in [2.05, 4.69) is 41.2 Å². The molecule has 110 valence electrons. The second-order valence-corrected chi connectivity index (χ2v) is 6.59. The predicted octanol–water partition coefficient (Wildman–Crippen LogP) is 3.92. The van der Waals surface area contributed by atoms with E-state index in [0.29, 0.717) is 6.04 Å². The summed E-state index contributed by atoms with van der Waals surface area (Å²) in [6.07, 6.45) is 8.54. The molecule has 3 nitrogen and oxygen atoms in total. The summed E-state index contributed by atoms with van der Waals surface area (Å²) in [5, 5.41) is 3.80. The molecule has 1 aromatic heterocycles. The van der Waals surface area contributed by atoms with Gasteiger partial charge in [0.15, 0.2) is 5.82 Å². The van der Waals surface area contributed by atoms with Crippen LogP contribution in [0.15, 0.2) is 18.3 Å². The SMILES string of the molecule is CC1CCCC(Nc2cccnc2N2CCCC2)C1C. The van der Waals surface area contributed by atoms with Crippen LogP contribution in [0, 0.1) is 11.8 Å². The Labute approximate surface area is 122 Å². The van der Waals surface area contributed by atoms with E-state index in [9.17, 15) is 0 Å². The van der Waals surface area contributed by atoms with E-state index >= 15 is 0 Å². The van der Waals surface area contributed by atoms with Crippen LogP contribution >= 0.6 is 0 Å². The first-order chi connectivity index (χ1) is 9.75. The van der Waals surface area contributed by atoms with Crippen molar-refractivity contribution in [2.45, 2.75) is 52.0 Å². The van der Waals surface area contributed by atoms with Gasteiger partial charge in [-0.2, -0.15) is 0 Å². The maximum Gasteiger partial charge on any atom is 0.151 e. The topological polar surface area (TPSA) is 28.2 Å². The lowest BCUT2D eigenvalue weighted by molar-refractivity contribution is 0.253. The minimum absolute atomic E-state index is 0.601. The fourth-order valence-electron chi connectivity index (χ4n) is 3.68. The number of rotatable bonds is 3. The van der Waals surface area contributed by atoms with Crippen LogP contribution in [0.4, 0.5) is 11.5 Å². The van der Waals surface area contributed by atoms with Gasteiger partial charge in [-0.25, -0.2) is 4.98 Å². The van der Waals surface area contributed by atoms with Crippen molar-refractivity contribution in [2.75, 3.05) is 23.3 Å². The Morgan fingerprint density at radius 3 is 2.75 bits per heavy atom. The Bertz CT molecular complexity index is 440. The average Bonchev–Trinajstić information content (AvgIpc) is 2.98. The van der Waals surface area contributed by atoms with Crippen molar-refractivity contribution in [3.05, 3.63) is 18.3 Å². The molecule has 1 aliphatic carbocycles. The van der Waals surface area contributed by atoms with Gasteiger partial charge in [0.1, 0.15) is 0 Å². The second-order valence-electron chi connectivity index (χ2n) is 6.59. The number of anilines is 2. The summed E-state index contributed by atoms with van der Waals surface area (Å²) in [6.45, 7) is 7.10. The molecule has 3 atom stereocenters. The fraction of sp³-hybridized carbons (Fsp3) is 0.706. The van der Waals surface area contributed by atoms with Crippen molar-refractivity contribution < 1.29 is 0 Å².